The first-order valence-electron chi connectivity index (χ1n) is 9.56. The first-order valence-corrected chi connectivity index (χ1v) is 10.5. The number of aryl methyl sites for hydroxylation is 1. The molecule has 5 heteroatoms. The molecule has 0 bridgehead atoms. The van der Waals surface area contributed by atoms with Crippen molar-refractivity contribution in [3.05, 3.63) is 89.5 Å². The fourth-order valence-electron chi connectivity index (χ4n) is 3.44. The average molecular weight is 402 g/mol. The Morgan fingerprint density at radius 1 is 0.931 bits per heavy atom. The molecule has 1 aliphatic rings. The number of para-hydroxylation sites is 2. The van der Waals surface area contributed by atoms with Crippen LogP contribution in [0.1, 0.15) is 23.6 Å². The van der Waals surface area contributed by atoms with Crippen molar-refractivity contribution in [3.8, 4) is 0 Å². The van der Waals surface area contributed by atoms with Gasteiger partial charge in [-0.1, -0.05) is 60.3 Å². The molecule has 146 valence electrons. The van der Waals surface area contributed by atoms with Crippen molar-refractivity contribution in [1.29, 1.82) is 0 Å². The fourth-order valence-corrected chi connectivity index (χ4v) is 4.44. The number of fused-ring (bicyclic) bond motifs is 1. The Kier molecular flexibility index (Phi) is 5.41. The highest BCUT2D eigenvalue weighted by atomic mass is 32.2. The van der Waals surface area contributed by atoms with Gasteiger partial charge in [-0.3, -0.25) is 4.79 Å². The number of hydrazone groups is 1. The van der Waals surface area contributed by atoms with Gasteiger partial charge < -0.3 is 4.90 Å². The largest absolute Gasteiger partial charge is 0.330 e. The number of benzene rings is 3. The molecule has 1 aliphatic heterocycles. The molecule has 3 aromatic carbocycles. The molecule has 0 N–H and O–H groups in total. The van der Waals surface area contributed by atoms with Crippen LogP contribution in [0, 0.1) is 13.8 Å². The summed E-state index contributed by atoms with van der Waals surface area (Å²) in [5.41, 5.74) is 6.66. The molecule has 3 aromatic rings. The number of anilines is 3. The maximum atomic E-state index is 12.3. The highest BCUT2D eigenvalue weighted by Gasteiger charge is 2.25. The van der Waals surface area contributed by atoms with Crippen molar-refractivity contribution in [3.63, 3.8) is 0 Å². The number of rotatable bonds is 3. The molecule has 4 nitrogen and oxygen atoms in total. The zero-order chi connectivity index (χ0) is 20.4. The van der Waals surface area contributed by atoms with Crippen LogP contribution >= 0.6 is 11.8 Å². The van der Waals surface area contributed by atoms with Gasteiger partial charge in [0, 0.05) is 18.2 Å². The zero-order valence-electron chi connectivity index (χ0n) is 16.8. The molecule has 4 rings (SSSR count). The number of amides is 1. The Labute approximate surface area is 175 Å². The molecule has 1 heterocycles. The van der Waals surface area contributed by atoms with Crippen molar-refractivity contribution >= 4 is 39.8 Å². The van der Waals surface area contributed by atoms with Crippen LogP contribution in [0.2, 0.25) is 0 Å². The third-order valence-corrected chi connectivity index (χ3v) is 6.07. The first-order chi connectivity index (χ1) is 14.1. The zero-order valence-corrected chi connectivity index (χ0v) is 17.6. The lowest BCUT2D eigenvalue weighted by molar-refractivity contribution is -0.116. The molecule has 0 saturated heterocycles. The van der Waals surface area contributed by atoms with Gasteiger partial charge in [0.15, 0.2) is 0 Å². The van der Waals surface area contributed by atoms with Crippen molar-refractivity contribution < 1.29 is 4.79 Å². The van der Waals surface area contributed by atoms with E-state index in [-0.39, 0.29) is 5.91 Å². The summed E-state index contributed by atoms with van der Waals surface area (Å²) in [7, 11) is 0. The smallest absolute Gasteiger partial charge is 0.244 e. The topological polar surface area (TPSA) is 35.9 Å². The first kappa shape index (κ1) is 19.3. The Morgan fingerprint density at radius 3 is 2.38 bits per heavy atom. The second-order valence-corrected chi connectivity index (χ2v) is 7.94. The highest BCUT2D eigenvalue weighted by Crippen LogP contribution is 2.39. The molecule has 0 fully saturated rings. The van der Waals surface area contributed by atoms with E-state index < -0.39 is 0 Å². The van der Waals surface area contributed by atoms with Crippen molar-refractivity contribution in [2.75, 3.05) is 15.8 Å². The monoisotopic (exact) mass is 401 g/mol. The lowest BCUT2D eigenvalue weighted by Gasteiger charge is -2.33. The minimum Gasteiger partial charge on any atom is -0.330 e. The summed E-state index contributed by atoms with van der Waals surface area (Å²) in [6.45, 7) is 5.84. The quantitative estimate of drug-likeness (QED) is 0.516. The van der Waals surface area contributed by atoms with Crippen LogP contribution < -0.4 is 9.91 Å². The molecule has 0 atom stereocenters. The third kappa shape index (κ3) is 3.78. The number of carbonyl (C=O) groups excluding carboxylic acids is 1. The van der Waals surface area contributed by atoms with Gasteiger partial charge in [-0.2, -0.15) is 10.1 Å². The summed E-state index contributed by atoms with van der Waals surface area (Å²) in [4.78, 5) is 14.6. The molecule has 0 aliphatic carbocycles. The molecule has 0 saturated carbocycles. The van der Waals surface area contributed by atoms with Crippen molar-refractivity contribution in [1.82, 2.24) is 0 Å². The molecule has 0 unspecified atom stereocenters. The molecule has 29 heavy (non-hydrogen) atoms. The minimum absolute atomic E-state index is 0.112. The van der Waals surface area contributed by atoms with Crippen LogP contribution in [0.25, 0.3) is 0 Å². The number of hydrogen-bond donors (Lipinski definition) is 0. The van der Waals surface area contributed by atoms with Crippen LogP contribution in [0.4, 0.5) is 17.1 Å². The summed E-state index contributed by atoms with van der Waals surface area (Å²) >= 11 is 1.65. The maximum absolute atomic E-state index is 12.3. The number of thioether (sulfide) groups is 1. The van der Waals surface area contributed by atoms with Gasteiger partial charge in [-0.15, -0.1) is 0 Å². The predicted octanol–water partition coefficient (Wildman–Crippen LogP) is 5.86. The van der Waals surface area contributed by atoms with E-state index in [1.807, 2.05) is 42.5 Å². The van der Waals surface area contributed by atoms with Crippen LogP contribution in [0.15, 0.2) is 77.9 Å². The van der Waals surface area contributed by atoms with E-state index in [9.17, 15) is 4.79 Å². The van der Waals surface area contributed by atoms with Gasteiger partial charge in [0.1, 0.15) is 5.04 Å². The summed E-state index contributed by atoms with van der Waals surface area (Å²) < 4.78 is 0. The minimum atomic E-state index is -0.112. The summed E-state index contributed by atoms with van der Waals surface area (Å²) in [5, 5.41) is 7.08. The van der Waals surface area contributed by atoms with E-state index in [4.69, 9.17) is 5.10 Å². The average Bonchev–Trinajstić information content (AvgIpc) is 2.74. The van der Waals surface area contributed by atoms with Crippen LogP contribution in [-0.4, -0.2) is 16.8 Å². The van der Waals surface area contributed by atoms with E-state index in [1.165, 1.54) is 21.8 Å². The maximum Gasteiger partial charge on any atom is 0.244 e. The summed E-state index contributed by atoms with van der Waals surface area (Å²) in [6.07, 6.45) is 0. The number of carbonyl (C=O) groups is 1. The third-order valence-electron chi connectivity index (χ3n) is 5.11. The van der Waals surface area contributed by atoms with Crippen LogP contribution in [0.5, 0.6) is 0 Å². The molecule has 0 aromatic heterocycles. The number of nitrogens with zero attached hydrogens (tertiary/aromatic N) is 3. The van der Waals surface area contributed by atoms with E-state index in [0.29, 0.717) is 0 Å². The van der Waals surface area contributed by atoms with Gasteiger partial charge in [-0.25, -0.2) is 0 Å². The second-order valence-electron chi connectivity index (χ2n) is 7.01. The highest BCUT2D eigenvalue weighted by molar-refractivity contribution is 8.14. The standard InChI is InChI=1S/C24H23N3OS/c1-17-10-9-15-22(18(17)2)26-16-29-24(21-13-7-8-14-23(21)26)25-27(19(3)28)20-11-5-4-6-12-20/h4-15H,16H2,1-3H3/b25-24-. The van der Waals surface area contributed by atoms with E-state index in [2.05, 4.69) is 49.1 Å². The molecule has 1 amide bonds. The molecular formula is C24H23N3OS. The van der Waals surface area contributed by atoms with Gasteiger partial charge >= 0.3 is 0 Å². The molecular weight excluding hydrogens is 378 g/mol. The van der Waals surface area contributed by atoms with Crippen molar-refractivity contribution in [2.45, 2.75) is 20.8 Å². The molecule has 0 spiro atoms. The van der Waals surface area contributed by atoms with E-state index in [1.54, 1.807) is 18.7 Å². The van der Waals surface area contributed by atoms with Crippen molar-refractivity contribution in [2.24, 2.45) is 5.10 Å². The van der Waals surface area contributed by atoms with Gasteiger partial charge in [0.2, 0.25) is 5.91 Å². The number of hydrogen-bond acceptors (Lipinski definition) is 4. The SMILES string of the molecule is CC(=O)N(/N=C1\SCN(c2cccc(C)c2C)c2ccccc21)c1ccccc1. The van der Waals surface area contributed by atoms with Crippen LogP contribution in [0.3, 0.4) is 0 Å². The second kappa shape index (κ2) is 8.13. The van der Waals surface area contributed by atoms with Gasteiger partial charge in [-0.05, 0) is 49.2 Å². The Bertz CT molecular complexity index is 1080. The summed E-state index contributed by atoms with van der Waals surface area (Å²) in [6, 6.07) is 24.2. The summed E-state index contributed by atoms with van der Waals surface area (Å²) in [5.74, 6) is 0.625. The van der Waals surface area contributed by atoms with E-state index in [0.717, 1.165) is 27.9 Å². The fraction of sp³-hybridized carbons (Fsp3) is 0.167. The Morgan fingerprint density at radius 2 is 1.62 bits per heavy atom. The van der Waals surface area contributed by atoms with Crippen LogP contribution in [-0.2, 0) is 4.79 Å². The normalized spacial score (nSPS) is 14.6. The Balaban J connectivity index is 1.78. The predicted molar refractivity (Wildman–Crippen MR) is 123 cm³/mol. The van der Waals surface area contributed by atoms with Gasteiger partial charge in [0.05, 0.1) is 17.3 Å². The van der Waals surface area contributed by atoms with E-state index >= 15 is 0 Å². The molecule has 0 radical (unpaired) electrons. The Hall–Kier alpha value is -3.05. The lowest BCUT2D eigenvalue weighted by Crippen LogP contribution is -2.29. The lowest BCUT2D eigenvalue weighted by atomic mass is 10.1. The van der Waals surface area contributed by atoms with Gasteiger partial charge in [0.25, 0.3) is 0 Å².